The quantitative estimate of drug-likeness (QED) is 0.453. The number of likely N-dealkylation sites (tertiary alicyclic amines) is 1. The lowest BCUT2D eigenvalue weighted by molar-refractivity contribution is 0.365. The van der Waals surface area contributed by atoms with Crippen LogP contribution in [-0.2, 0) is 13.0 Å². The molecule has 22 heavy (non-hydrogen) atoms. The fourth-order valence-corrected chi connectivity index (χ4v) is 3.30. The molecule has 0 amide bonds. The smallest absolute Gasteiger partial charge is 0.191 e. The molecule has 1 unspecified atom stereocenters. The number of aromatic nitrogens is 3. The lowest BCUT2D eigenvalue weighted by Gasteiger charge is -2.24. The van der Waals surface area contributed by atoms with E-state index in [1.165, 1.54) is 25.7 Å². The zero-order chi connectivity index (χ0) is 14.7. The highest BCUT2D eigenvalue weighted by Gasteiger charge is 2.21. The van der Waals surface area contributed by atoms with Crippen LogP contribution >= 0.6 is 24.0 Å². The molecule has 3 rings (SSSR count). The molecule has 7 heteroatoms. The van der Waals surface area contributed by atoms with E-state index in [1.807, 2.05) is 6.92 Å². The molecule has 2 aliphatic rings. The molecular formula is C15H27IN6. The van der Waals surface area contributed by atoms with Gasteiger partial charge in [0.1, 0.15) is 11.6 Å². The van der Waals surface area contributed by atoms with Crippen LogP contribution in [0.3, 0.4) is 0 Å². The van der Waals surface area contributed by atoms with E-state index >= 15 is 0 Å². The predicted molar refractivity (Wildman–Crippen MR) is 98.5 cm³/mol. The highest BCUT2D eigenvalue weighted by atomic mass is 127. The first-order valence-electron chi connectivity index (χ1n) is 8.17. The second kappa shape index (κ2) is 8.12. The maximum atomic E-state index is 6.18. The summed E-state index contributed by atoms with van der Waals surface area (Å²) in [5.41, 5.74) is 6.18. The molecule has 0 spiro atoms. The maximum Gasteiger partial charge on any atom is 0.191 e. The third kappa shape index (κ3) is 4.11. The van der Waals surface area contributed by atoms with Gasteiger partial charge in [0.15, 0.2) is 5.96 Å². The standard InChI is InChI=1S/C15H26N6.HI/c1-12-18-19-14-7-6-13(11-21(12)14)10-17-15(16)20-8-4-2-3-5-9-20;/h13H,2-11H2,1H3,(H2,16,17);1H. The van der Waals surface area contributed by atoms with Crippen LogP contribution in [0.1, 0.15) is 43.8 Å². The van der Waals surface area contributed by atoms with E-state index < -0.39 is 0 Å². The topological polar surface area (TPSA) is 72.3 Å². The first kappa shape index (κ1) is 17.5. The molecule has 124 valence electrons. The van der Waals surface area contributed by atoms with Crippen LogP contribution in [0.15, 0.2) is 4.99 Å². The van der Waals surface area contributed by atoms with Crippen LogP contribution in [0.5, 0.6) is 0 Å². The van der Waals surface area contributed by atoms with E-state index in [2.05, 4.69) is 24.7 Å². The van der Waals surface area contributed by atoms with Gasteiger partial charge in [-0.15, -0.1) is 34.2 Å². The monoisotopic (exact) mass is 418 g/mol. The molecule has 0 aromatic carbocycles. The molecule has 1 atom stereocenters. The number of hydrogen-bond acceptors (Lipinski definition) is 3. The molecular weight excluding hydrogens is 391 g/mol. The van der Waals surface area contributed by atoms with E-state index in [-0.39, 0.29) is 24.0 Å². The van der Waals surface area contributed by atoms with Crippen LogP contribution in [0.4, 0.5) is 0 Å². The molecule has 1 fully saturated rings. The molecule has 6 nitrogen and oxygen atoms in total. The Morgan fingerprint density at radius 1 is 1.23 bits per heavy atom. The minimum Gasteiger partial charge on any atom is -0.370 e. The molecule has 1 aromatic rings. The number of nitrogens with zero attached hydrogens (tertiary/aromatic N) is 5. The fourth-order valence-electron chi connectivity index (χ4n) is 3.30. The minimum atomic E-state index is 0. The van der Waals surface area contributed by atoms with Gasteiger partial charge in [0.25, 0.3) is 0 Å². The number of rotatable bonds is 2. The number of aryl methyl sites for hydroxylation is 2. The molecule has 3 heterocycles. The highest BCUT2D eigenvalue weighted by molar-refractivity contribution is 14.0. The second-order valence-electron chi connectivity index (χ2n) is 6.28. The summed E-state index contributed by atoms with van der Waals surface area (Å²) in [4.78, 5) is 6.92. The fraction of sp³-hybridized carbons (Fsp3) is 0.800. The molecule has 1 aromatic heterocycles. The Morgan fingerprint density at radius 3 is 2.68 bits per heavy atom. The molecule has 2 aliphatic heterocycles. The average Bonchev–Trinajstić information content (AvgIpc) is 2.72. The molecule has 0 radical (unpaired) electrons. The first-order valence-corrected chi connectivity index (χ1v) is 8.17. The number of aliphatic imine (C=N–C) groups is 1. The van der Waals surface area contributed by atoms with Crippen LogP contribution in [0.2, 0.25) is 0 Å². The SMILES string of the molecule is Cc1nnc2n1CC(CN=C(N)N1CCCCCC1)CC2.I. The van der Waals surface area contributed by atoms with Crippen molar-refractivity contribution < 1.29 is 0 Å². The van der Waals surface area contributed by atoms with Crippen molar-refractivity contribution >= 4 is 29.9 Å². The van der Waals surface area contributed by atoms with Crippen molar-refractivity contribution in [1.29, 1.82) is 0 Å². The highest BCUT2D eigenvalue weighted by Crippen LogP contribution is 2.20. The van der Waals surface area contributed by atoms with Crippen molar-refractivity contribution in [2.24, 2.45) is 16.6 Å². The summed E-state index contributed by atoms with van der Waals surface area (Å²) >= 11 is 0. The number of guanidine groups is 1. The van der Waals surface area contributed by atoms with Gasteiger partial charge < -0.3 is 15.2 Å². The number of halogens is 1. The van der Waals surface area contributed by atoms with Gasteiger partial charge in [-0.2, -0.15) is 0 Å². The van der Waals surface area contributed by atoms with E-state index in [4.69, 9.17) is 5.73 Å². The van der Waals surface area contributed by atoms with Gasteiger partial charge in [-0.25, -0.2) is 0 Å². The summed E-state index contributed by atoms with van der Waals surface area (Å²) in [7, 11) is 0. The van der Waals surface area contributed by atoms with Crippen molar-refractivity contribution in [2.45, 2.75) is 52.0 Å². The van der Waals surface area contributed by atoms with Crippen molar-refractivity contribution in [2.75, 3.05) is 19.6 Å². The summed E-state index contributed by atoms with van der Waals surface area (Å²) in [6, 6.07) is 0. The second-order valence-corrected chi connectivity index (χ2v) is 6.28. The average molecular weight is 418 g/mol. The number of nitrogens with two attached hydrogens (primary N) is 1. The van der Waals surface area contributed by atoms with Crippen LogP contribution in [-0.4, -0.2) is 45.3 Å². The third-order valence-corrected chi connectivity index (χ3v) is 4.67. The van der Waals surface area contributed by atoms with Gasteiger partial charge in [-0.1, -0.05) is 12.8 Å². The normalized spacial score (nSPS) is 22.7. The Balaban J connectivity index is 0.00000176. The van der Waals surface area contributed by atoms with E-state index in [1.54, 1.807) is 0 Å². The van der Waals surface area contributed by atoms with E-state index in [0.29, 0.717) is 5.92 Å². The molecule has 0 aliphatic carbocycles. The maximum absolute atomic E-state index is 6.18. The summed E-state index contributed by atoms with van der Waals surface area (Å²) in [6.45, 7) is 5.95. The van der Waals surface area contributed by atoms with E-state index in [0.717, 1.165) is 56.6 Å². The van der Waals surface area contributed by atoms with Crippen LogP contribution < -0.4 is 5.73 Å². The largest absolute Gasteiger partial charge is 0.370 e. The van der Waals surface area contributed by atoms with Gasteiger partial charge in [0, 0.05) is 32.6 Å². The Bertz CT molecular complexity index is 504. The minimum absolute atomic E-state index is 0. The molecule has 0 bridgehead atoms. The number of fused-ring (bicyclic) bond motifs is 1. The lowest BCUT2D eigenvalue weighted by Crippen LogP contribution is -2.38. The zero-order valence-corrected chi connectivity index (χ0v) is 15.7. The van der Waals surface area contributed by atoms with Gasteiger partial charge in [-0.05, 0) is 32.1 Å². The molecule has 0 saturated carbocycles. The van der Waals surface area contributed by atoms with Crippen molar-refractivity contribution in [3.63, 3.8) is 0 Å². The summed E-state index contributed by atoms with van der Waals surface area (Å²) in [6.07, 6.45) is 7.26. The number of hydrogen-bond donors (Lipinski definition) is 1. The predicted octanol–water partition coefficient (Wildman–Crippen LogP) is 1.96. The van der Waals surface area contributed by atoms with Crippen LogP contribution in [0, 0.1) is 12.8 Å². The van der Waals surface area contributed by atoms with Gasteiger partial charge >= 0.3 is 0 Å². The zero-order valence-electron chi connectivity index (χ0n) is 13.4. The molecule has 2 N–H and O–H groups in total. The van der Waals surface area contributed by atoms with Crippen molar-refractivity contribution in [1.82, 2.24) is 19.7 Å². The van der Waals surface area contributed by atoms with Crippen LogP contribution in [0.25, 0.3) is 0 Å². The Labute approximate surface area is 149 Å². The Kier molecular flexibility index (Phi) is 6.46. The summed E-state index contributed by atoms with van der Waals surface area (Å²) in [5, 5.41) is 8.37. The van der Waals surface area contributed by atoms with Gasteiger partial charge in [0.05, 0.1) is 0 Å². The van der Waals surface area contributed by atoms with Crippen molar-refractivity contribution in [3.8, 4) is 0 Å². The van der Waals surface area contributed by atoms with E-state index in [9.17, 15) is 0 Å². The first-order chi connectivity index (χ1) is 10.2. The molecule has 1 saturated heterocycles. The lowest BCUT2D eigenvalue weighted by atomic mass is 9.99. The summed E-state index contributed by atoms with van der Waals surface area (Å²) < 4.78 is 2.23. The Morgan fingerprint density at radius 2 is 1.95 bits per heavy atom. The summed E-state index contributed by atoms with van der Waals surface area (Å²) in [5.74, 6) is 3.42. The van der Waals surface area contributed by atoms with Gasteiger partial charge in [0.2, 0.25) is 0 Å². The third-order valence-electron chi connectivity index (χ3n) is 4.67. The van der Waals surface area contributed by atoms with Gasteiger partial charge in [-0.3, -0.25) is 4.99 Å². The van der Waals surface area contributed by atoms with Crippen molar-refractivity contribution in [3.05, 3.63) is 11.6 Å². The Hall–Kier alpha value is -0.860.